The van der Waals surface area contributed by atoms with Gasteiger partial charge in [-0.1, -0.05) is 6.42 Å². The molecule has 16 heavy (non-hydrogen) atoms. The summed E-state index contributed by atoms with van der Waals surface area (Å²) in [5, 5.41) is 9.18. The molecule has 1 aliphatic heterocycles. The lowest BCUT2D eigenvalue weighted by Gasteiger charge is -2.33. The molecule has 0 bridgehead atoms. The van der Waals surface area contributed by atoms with E-state index in [1.165, 1.54) is 4.31 Å². The number of aliphatic hydroxyl groups excluding tert-OH is 1. The molecular weight excluding hydrogens is 228 g/mol. The molecule has 0 amide bonds. The number of hydrogen-bond donors (Lipinski definition) is 2. The summed E-state index contributed by atoms with van der Waals surface area (Å²) in [5.41, 5.74) is 0. The summed E-state index contributed by atoms with van der Waals surface area (Å²) in [6.07, 6.45) is 4.92. The maximum atomic E-state index is 12.0. The van der Waals surface area contributed by atoms with Gasteiger partial charge < -0.3 is 5.11 Å². The van der Waals surface area contributed by atoms with Crippen LogP contribution in [0, 0.1) is 5.92 Å². The van der Waals surface area contributed by atoms with E-state index in [1.807, 2.05) is 0 Å². The molecule has 6 heteroatoms. The van der Waals surface area contributed by atoms with Crippen molar-refractivity contribution >= 4 is 10.2 Å². The third kappa shape index (κ3) is 2.94. The van der Waals surface area contributed by atoms with E-state index in [2.05, 4.69) is 4.72 Å². The molecule has 1 saturated carbocycles. The van der Waals surface area contributed by atoms with Crippen molar-refractivity contribution in [1.82, 2.24) is 9.03 Å². The number of nitrogens with zero attached hydrogens (tertiary/aromatic N) is 1. The molecule has 0 aromatic rings. The Balaban J connectivity index is 1.95. The number of aliphatic hydroxyl groups is 1. The van der Waals surface area contributed by atoms with Gasteiger partial charge in [0, 0.05) is 19.1 Å². The first-order chi connectivity index (χ1) is 7.63. The highest BCUT2D eigenvalue weighted by Crippen LogP contribution is 2.28. The second-order valence-corrected chi connectivity index (χ2v) is 6.45. The third-order valence-electron chi connectivity index (χ3n) is 3.34. The SMILES string of the molecule is O=S(=O)(NCC1CC1)N1CCCCC1CO. The van der Waals surface area contributed by atoms with Crippen LogP contribution in [0.25, 0.3) is 0 Å². The second kappa shape index (κ2) is 5.00. The van der Waals surface area contributed by atoms with E-state index in [0.717, 1.165) is 32.1 Å². The summed E-state index contributed by atoms with van der Waals surface area (Å²) in [6, 6.07) is -0.231. The van der Waals surface area contributed by atoms with Crippen molar-refractivity contribution in [3.8, 4) is 0 Å². The lowest BCUT2D eigenvalue weighted by atomic mass is 10.1. The minimum atomic E-state index is -3.38. The first kappa shape index (κ1) is 12.3. The zero-order valence-electron chi connectivity index (χ0n) is 9.43. The van der Waals surface area contributed by atoms with Gasteiger partial charge in [-0.3, -0.25) is 0 Å². The van der Waals surface area contributed by atoms with E-state index in [0.29, 0.717) is 19.0 Å². The normalized spacial score (nSPS) is 28.2. The largest absolute Gasteiger partial charge is 0.395 e. The summed E-state index contributed by atoms with van der Waals surface area (Å²) in [4.78, 5) is 0. The summed E-state index contributed by atoms with van der Waals surface area (Å²) in [7, 11) is -3.38. The summed E-state index contributed by atoms with van der Waals surface area (Å²) in [5.74, 6) is 0.534. The Morgan fingerprint density at radius 2 is 2.00 bits per heavy atom. The van der Waals surface area contributed by atoms with Gasteiger partial charge in [0.2, 0.25) is 0 Å². The van der Waals surface area contributed by atoms with Gasteiger partial charge in [-0.25, -0.2) is 4.72 Å². The van der Waals surface area contributed by atoms with Crippen LogP contribution in [0.2, 0.25) is 0 Å². The topological polar surface area (TPSA) is 69.6 Å². The van der Waals surface area contributed by atoms with E-state index in [-0.39, 0.29) is 12.6 Å². The molecular formula is C10H20N2O3S. The average Bonchev–Trinajstić information content (AvgIpc) is 3.10. The van der Waals surface area contributed by atoms with Gasteiger partial charge in [0.15, 0.2) is 0 Å². The van der Waals surface area contributed by atoms with Crippen molar-refractivity contribution in [3.63, 3.8) is 0 Å². The molecule has 0 aromatic carbocycles. The quantitative estimate of drug-likeness (QED) is 0.724. The van der Waals surface area contributed by atoms with Crippen LogP contribution in [0.15, 0.2) is 0 Å². The van der Waals surface area contributed by atoms with Crippen LogP contribution in [-0.2, 0) is 10.2 Å². The monoisotopic (exact) mass is 248 g/mol. The van der Waals surface area contributed by atoms with Crippen molar-refractivity contribution in [2.45, 2.75) is 38.1 Å². The summed E-state index contributed by atoms with van der Waals surface area (Å²) in [6.45, 7) is 1.01. The highest BCUT2D eigenvalue weighted by atomic mass is 32.2. The highest BCUT2D eigenvalue weighted by molar-refractivity contribution is 7.87. The van der Waals surface area contributed by atoms with Crippen LogP contribution < -0.4 is 4.72 Å². The van der Waals surface area contributed by atoms with Crippen molar-refractivity contribution in [2.75, 3.05) is 19.7 Å². The van der Waals surface area contributed by atoms with Crippen LogP contribution in [-0.4, -0.2) is 43.6 Å². The highest BCUT2D eigenvalue weighted by Gasteiger charge is 2.33. The standard InChI is InChI=1S/C10H20N2O3S/c13-8-10-3-1-2-6-12(10)16(14,15)11-7-9-4-5-9/h9-11,13H,1-8H2. The molecule has 2 N–H and O–H groups in total. The van der Waals surface area contributed by atoms with Crippen LogP contribution in [0.4, 0.5) is 0 Å². The van der Waals surface area contributed by atoms with E-state index < -0.39 is 10.2 Å². The van der Waals surface area contributed by atoms with E-state index in [1.54, 1.807) is 0 Å². The average molecular weight is 248 g/mol. The summed E-state index contributed by atoms with van der Waals surface area (Å²) < 4.78 is 28.1. The molecule has 1 aliphatic carbocycles. The van der Waals surface area contributed by atoms with Gasteiger partial charge >= 0.3 is 0 Å². The Kier molecular flexibility index (Phi) is 3.84. The smallest absolute Gasteiger partial charge is 0.279 e. The van der Waals surface area contributed by atoms with Crippen molar-refractivity contribution in [2.24, 2.45) is 5.92 Å². The fourth-order valence-corrected chi connectivity index (χ4v) is 3.65. The van der Waals surface area contributed by atoms with E-state index in [4.69, 9.17) is 0 Å². The molecule has 2 aliphatic rings. The molecule has 2 fully saturated rings. The van der Waals surface area contributed by atoms with Crippen molar-refractivity contribution in [1.29, 1.82) is 0 Å². The molecule has 2 rings (SSSR count). The number of piperidine rings is 1. The first-order valence-corrected chi connectivity index (χ1v) is 7.45. The molecule has 0 spiro atoms. The molecule has 1 heterocycles. The molecule has 1 saturated heterocycles. The van der Waals surface area contributed by atoms with Crippen LogP contribution in [0.5, 0.6) is 0 Å². The van der Waals surface area contributed by atoms with Gasteiger partial charge in [-0.15, -0.1) is 0 Å². The third-order valence-corrected chi connectivity index (χ3v) is 4.97. The Hall–Kier alpha value is -0.170. The van der Waals surface area contributed by atoms with Gasteiger partial charge in [-0.2, -0.15) is 12.7 Å². The maximum absolute atomic E-state index is 12.0. The minimum Gasteiger partial charge on any atom is -0.395 e. The van der Waals surface area contributed by atoms with Gasteiger partial charge in [0.1, 0.15) is 0 Å². The summed E-state index contributed by atoms with van der Waals surface area (Å²) >= 11 is 0. The lowest BCUT2D eigenvalue weighted by Crippen LogP contribution is -2.50. The van der Waals surface area contributed by atoms with Gasteiger partial charge in [0.25, 0.3) is 10.2 Å². The number of rotatable bonds is 5. The lowest BCUT2D eigenvalue weighted by molar-refractivity contribution is 0.154. The van der Waals surface area contributed by atoms with Crippen molar-refractivity contribution < 1.29 is 13.5 Å². The predicted molar refractivity (Wildman–Crippen MR) is 61.1 cm³/mol. The number of hydrogen-bond acceptors (Lipinski definition) is 3. The van der Waals surface area contributed by atoms with E-state index >= 15 is 0 Å². The van der Waals surface area contributed by atoms with Crippen molar-refractivity contribution in [3.05, 3.63) is 0 Å². The molecule has 0 aromatic heterocycles. The van der Waals surface area contributed by atoms with E-state index in [9.17, 15) is 13.5 Å². The molecule has 94 valence electrons. The zero-order valence-corrected chi connectivity index (χ0v) is 10.2. The van der Waals surface area contributed by atoms with Gasteiger partial charge in [0.05, 0.1) is 6.61 Å². The van der Waals surface area contributed by atoms with Gasteiger partial charge in [-0.05, 0) is 31.6 Å². The molecule has 1 unspecified atom stereocenters. The Morgan fingerprint density at radius 1 is 1.25 bits per heavy atom. The Labute approximate surface area is 97.0 Å². The molecule has 1 atom stereocenters. The fourth-order valence-electron chi connectivity index (χ4n) is 2.10. The second-order valence-electron chi connectivity index (χ2n) is 4.74. The number of nitrogens with one attached hydrogen (secondary N) is 1. The minimum absolute atomic E-state index is 0.0790. The molecule has 0 radical (unpaired) electrons. The Bertz CT molecular complexity index is 327. The fraction of sp³-hybridized carbons (Fsp3) is 1.00. The van der Waals surface area contributed by atoms with Crippen LogP contribution in [0.1, 0.15) is 32.1 Å². The van der Waals surface area contributed by atoms with Crippen LogP contribution in [0.3, 0.4) is 0 Å². The zero-order chi connectivity index (χ0) is 11.6. The maximum Gasteiger partial charge on any atom is 0.279 e. The Morgan fingerprint density at radius 3 is 2.62 bits per heavy atom. The van der Waals surface area contributed by atoms with Crippen LogP contribution >= 0.6 is 0 Å². The predicted octanol–water partition coefficient (Wildman–Crippen LogP) is 0.0776. The first-order valence-electron chi connectivity index (χ1n) is 6.01. The molecule has 5 nitrogen and oxygen atoms in total.